The molecule has 0 saturated heterocycles. The van der Waals surface area contributed by atoms with E-state index in [4.69, 9.17) is 16.3 Å². The van der Waals surface area contributed by atoms with E-state index in [0.717, 1.165) is 6.42 Å². The van der Waals surface area contributed by atoms with Crippen molar-refractivity contribution < 1.29 is 9.84 Å². The van der Waals surface area contributed by atoms with Crippen molar-refractivity contribution in [2.24, 2.45) is 0 Å². The van der Waals surface area contributed by atoms with Crippen molar-refractivity contribution in [2.45, 2.75) is 26.0 Å². The maximum absolute atomic E-state index is 10.4. The molecule has 0 aliphatic heterocycles. The average Bonchev–Trinajstić information content (AvgIpc) is 2.80. The predicted molar refractivity (Wildman–Crippen MR) is 72.4 cm³/mol. The zero-order valence-electron chi connectivity index (χ0n) is 10.9. The number of aromatic nitrogens is 3. The first kappa shape index (κ1) is 13.8. The van der Waals surface area contributed by atoms with Crippen molar-refractivity contribution in [3.63, 3.8) is 0 Å². The van der Waals surface area contributed by atoms with E-state index in [9.17, 15) is 5.11 Å². The van der Waals surface area contributed by atoms with Gasteiger partial charge in [-0.25, -0.2) is 4.98 Å². The lowest BCUT2D eigenvalue weighted by Gasteiger charge is -2.14. The summed E-state index contributed by atoms with van der Waals surface area (Å²) in [5, 5.41) is 15.0. The molecule has 0 aromatic carbocycles. The Morgan fingerprint density at radius 3 is 2.79 bits per heavy atom. The highest BCUT2D eigenvalue weighted by Gasteiger charge is 2.20. The normalized spacial score (nSPS) is 12.4. The SMILES string of the molecule is CCCn1ncc(Cl)c1C(O)c1ccc(OC)nc1. The molecule has 2 rings (SSSR count). The third kappa shape index (κ3) is 2.88. The van der Waals surface area contributed by atoms with Crippen molar-refractivity contribution >= 4 is 11.6 Å². The van der Waals surface area contributed by atoms with Crippen LogP contribution in [0.4, 0.5) is 0 Å². The molecule has 0 aliphatic rings. The topological polar surface area (TPSA) is 60.2 Å². The summed E-state index contributed by atoms with van der Waals surface area (Å²) in [6, 6.07) is 3.46. The molecule has 6 heteroatoms. The largest absolute Gasteiger partial charge is 0.481 e. The van der Waals surface area contributed by atoms with E-state index >= 15 is 0 Å². The number of hydrogen-bond acceptors (Lipinski definition) is 4. The lowest BCUT2D eigenvalue weighted by molar-refractivity contribution is 0.207. The van der Waals surface area contributed by atoms with E-state index in [1.54, 1.807) is 36.3 Å². The van der Waals surface area contributed by atoms with Gasteiger partial charge >= 0.3 is 0 Å². The number of hydrogen-bond donors (Lipinski definition) is 1. The Balaban J connectivity index is 2.31. The fourth-order valence-electron chi connectivity index (χ4n) is 1.87. The second-order valence-corrected chi connectivity index (χ2v) is 4.54. The summed E-state index contributed by atoms with van der Waals surface area (Å²) in [4.78, 5) is 4.08. The Morgan fingerprint density at radius 2 is 2.21 bits per heavy atom. The summed E-state index contributed by atoms with van der Waals surface area (Å²) >= 11 is 6.10. The second kappa shape index (κ2) is 6.04. The van der Waals surface area contributed by atoms with Crippen molar-refractivity contribution in [2.75, 3.05) is 7.11 Å². The smallest absolute Gasteiger partial charge is 0.212 e. The third-order valence-corrected chi connectivity index (χ3v) is 3.10. The average molecular weight is 282 g/mol. The highest BCUT2D eigenvalue weighted by Crippen LogP contribution is 2.28. The summed E-state index contributed by atoms with van der Waals surface area (Å²) in [6.45, 7) is 2.75. The number of nitrogens with zero attached hydrogens (tertiary/aromatic N) is 3. The molecule has 0 saturated carbocycles. The van der Waals surface area contributed by atoms with Gasteiger partial charge in [0.25, 0.3) is 0 Å². The Morgan fingerprint density at radius 1 is 1.42 bits per heavy atom. The summed E-state index contributed by atoms with van der Waals surface area (Å²) in [6.07, 6.45) is 3.19. The van der Waals surface area contributed by atoms with Gasteiger partial charge in [0.1, 0.15) is 6.10 Å². The van der Waals surface area contributed by atoms with Gasteiger partial charge in [-0.05, 0) is 12.5 Å². The minimum atomic E-state index is -0.847. The number of aliphatic hydroxyl groups is 1. The Labute approximate surface area is 116 Å². The number of pyridine rings is 1. The minimum absolute atomic E-state index is 0.455. The van der Waals surface area contributed by atoms with Crippen LogP contribution in [0, 0.1) is 0 Å². The first-order valence-corrected chi connectivity index (χ1v) is 6.44. The van der Waals surface area contributed by atoms with Crippen LogP contribution < -0.4 is 4.74 Å². The van der Waals surface area contributed by atoms with Gasteiger partial charge in [0.15, 0.2) is 0 Å². The molecular formula is C13H16ClN3O2. The van der Waals surface area contributed by atoms with Crippen molar-refractivity contribution in [3.8, 4) is 5.88 Å². The quantitative estimate of drug-likeness (QED) is 0.914. The number of aliphatic hydroxyl groups excluding tert-OH is 1. The molecule has 2 heterocycles. The van der Waals surface area contributed by atoms with E-state index in [-0.39, 0.29) is 0 Å². The molecule has 0 bridgehead atoms. The zero-order valence-corrected chi connectivity index (χ0v) is 11.6. The highest BCUT2D eigenvalue weighted by atomic mass is 35.5. The predicted octanol–water partition coefficient (Wildman–Crippen LogP) is 2.43. The van der Waals surface area contributed by atoms with Gasteiger partial charge in [0.05, 0.1) is 24.0 Å². The highest BCUT2D eigenvalue weighted by molar-refractivity contribution is 6.31. The molecule has 5 nitrogen and oxygen atoms in total. The first-order valence-electron chi connectivity index (χ1n) is 6.06. The molecule has 2 aromatic rings. The maximum Gasteiger partial charge on any atom is 0.212 e. The van der Waals surface area contributed by atoms with Crippen molar-refractivity contribution in [3.05, 3.63) is 40.8 Å². The van der Waals surface area contributed by atoms with Gasteiger partial charge in [-0.1, -0.05) is 18.5 Å². The van der Waals surface area contributed by atoms with Crippen molar-refractivity contribution in [1.29, 1.82) is 0 Å². The molecule has 0 aliphatic carbocycles. The Hall–Kier alpha value is -1.59. The zero-order chi connectivity index (χ0) is 13.8. The van der Waals surface area contributed by atoms with Gasteiger partial charge in [-0.3, -0.25) is 4.68 Å². The van der Waals surface area contributed by atoms with Crippen LogP contribution >= 0.6 is 11.6 Å². The molecule has 0 fully saturated rings. The Bertz CT molecular complexity index is 539. The Kier molecular flexibility index (Phi) is 4.39. The molecule has 1 atom stereocenters. The summed E-state index contributed by atoms with van der Waals surface area (Å²) in [5.74, 6) is 0.504. The van der Waals surface area contributed by atoms with E-state index in [1.165, 1.54) is 0 Å². The van der Waals surface area contributed by atoms with Crippen molar-refractivity contribution in [1.82, 2.24) is 14.8 Å². The molecular weight excluding hydrogens is 266 g/mol. The van der Waals surface area contributed by atoms with Crippen LogP contribution in [-0.2, 0) is 6.54 Å². The number of halogens is 1. The molecule has 0 amide bonds. The van der Waals surface area contributed by atoms with E-state index < -0.39 is 6.10 Å². The molecule has 2 aromatic heterocycles. The number of aryl methyl sites for hydroxylation is 1. The van der Waals surface area contributed by atoms with Crippen LogP contribution in [0.25, 0.3) is 0 Å². The lowest BCUT2D eigenvalue weighted by atomic mass is 10.1. The standard InChI is InChI=1S/C13H16ClN3O2/c1-3-6-17-12(10(14)8-16-17)13(18)9-4-5-11(19-2)15-7-9/h4-5,7-8,13,18H,3,6H2,1-2H3. The minimum Gasteiger partial charge on any atom is -0.481 e. The monoisotopic (exact) mass is 281 g/mol. The van der Waals surface area contributed by atoms with E-state index in [1.807, 2.05) is 6.92 Å². The van der Waals surface area contributed by atoms with Gasteiger partial charge < -0.3 is 9.84 Å². The third-order valence-electron chi connectivity index (χ3n) is 2.81. The lowest BCUT2D eigenvalue weighted by Crippen LogP contribution is -2.10. The fourth-order valence-corrected chi connectivity index (χ4v) is 2.11. The van der Waals surface area contributed by atoms with Gasteiger partial charge in [0.2, 0.25) is 5.88 Å². The van der Waals surface area contributed by atoms with Gasteiger partial charge in [-0.2, -0.15) is 5.10 Å². The van der Waals surface area contributed by atoms with E-state index in [2.05, 4.69) is 10.1 Å². The molecule has 1 N–H and O–H groups in total. The van der Waals surface area contributed by atoms with Crippen LogP contribution in [0.15, 0.2) is 24.5 Å². The van der Waals surface area contributed by atoms with Crippen LogP contribution in [0.3, 0.4) is 0 Å². The van der Waals surface area contributed by atoms with Crippen LogP contribution in [0.2, 0.25) is 5.02 Å². The molecule has 0 radical (unpaired) electrons. The fraction of sp³-hybridized carbons (Fsp3) is 0.385. The molecule has 102 valence electrons. The van der Waals surface area contributed by atoms with Gasteiger partial charge in [0, 0.05) is 24.4 Å². The molecule has 1 unspecified atom stereocenters. The van der Waals surface area contributed by atoms with Gasteiger partial charge in [-0.15, -0.1) is 0 Å². The first-order chi connectivity index (χ1) is 9.17. The summed E-state index contributed by atoms with van der Waals surface area (Å²) < 4.78 is 6.71. The maximum atomic E-state index is 10.4. The second-order valence-electron chi connectivity index (χ2n) is 4.14. The number of ether oxygens (including phenoxy) is 1. The van der Waals surface area contributed by atoms with E-state index in [0.29, 0.717) is 28.7 Å². The molecule has 19 heavy (non-hydrogen) atoms. The summed E-state index contributed by atoms with van der Waals surface area (Å²) in [7, 11) is 1.55. The number of rotatable bonds is 5. The summed E-state index contributed by atoms with van der Waals surface area (Å²) in [5.41, 5.74) is 1.25. The number of methoxy groups -OCH3 is 1. The van der Waals surface area contributed by atoms with Crippen LogP contribution in [-0.4, -0.2) is 27.0 Å². The van der Waals surface area contributed by atoms with Crippen LogP contribution in [0.1, 0.15) is 30.7 Å². The molecule has 0 spiro atoms. The van der Waals surface area contributed by atoms with Crippen LogP contribution in [0.5, 0.6) is 5.88 Å².